The van der Waals surface area contributed by atoms with Crippen LogP contribution in [-0.4, -0.2) is 0 Å². The molecule has 0 aliphatic rings. The Morgan fingerprint density at radius 2 is 0.560 bits per heavy atom. The first kappa shape index (κ1) is 30.7. The van der Waals surface area contributed by atoms with E-state index in [1.165, 1.54) is 44.5 Å². The van der Waals surface area contributed by atoms with Gasteiger partial charge < -0.3 is 10.2 Å². The van der Waals surface area contributed by atoms with Gasteiger partial charge in [0.2, 0.25) is 0 Å². The molecular formula is C48H36N2. The number of hydrogen-bond donors (Lipinski definition) is 1. The Labute approximate surface area is 294 Å². The highest BCUT2D eigenvalue weighted by molar-refractivity contribution is 5.95. The lowest BCUT2D eigenvalue weighted by molar-refractivity contribution is 1.28. The topological polar surface area (TPSA) is 15.3 Å². The number of nitrogens with zero attached hydrogens (tertiary/aromatic N) is 1. The Morgan fingerprint density at radius 1 is 0.260 bits per heavy atom. The van der Waals surface area contributed by atoms with E-state index in [4.69, 9.17) is 0 Å². The van der Waals surface area contributed by atoms with Gasteiger partial charge in [-0.05, 0) is 117 Å². The lowest BCUT2D eigenvalue weighted by Gasteiger charge is -2.25. The minimum Gasteiger partial charge on any atom is -0.356 e. The van der Waals surface area contributed by atoms with Crippen molar-refractivity contribution in [3.63, 3.8) is 0 Å². The summed E-state index contributed by atoms with van der Waals surface area (Å²) in [6, 6.07) is 75.4. The quantitative estimate of drug-likeness (QED) is 0.169. The third-order valence-corrected chi connectivity index (χ3v) is 9.05. The summed E-state index contributed by atoms with van der Waals surface area (Å²) in [6.45, 7) is 0. The molecule has 8 aromatic carbocycles. The maximum absolute atomic E-state index is 3.53. The van der Waals surface area contributed by atoms with Crippen molar-refractivity contribution in [1.82, 2.24) is 0 Å². The van der Waals surface area contributed by atoms with Gasteiger partial charge in [-0.15, -0.1) is 0 Å². The summed E-state index contributed by atoms with van der Waals surface area (Å²) in [7, 11) is 0. The average Bonchev–Trinajstić information content (AvgIpc) is 3.20. The summed E-state index contributed by atoms with van der Waals surface area (Å²) in [4.78, 5) is 2.30. The highest BCUT2D eigenvalue weighted by Crippen LogP contribution is 2.43. The van der Waals surface area contributed by atoms with Crippen LogP contribution in [0.1, 0.15) is 0 Å². The van der Waals surface area contributed by atoms with Crippen molar-refractivity contribution in [1.29, 1.82) is 0 Å². The zero-order valence-electron chi connectivity index (χ0n) is 27.7. The predicted molar refractivity (Wildman–Crippen MR) is 213 cm³/mol. The largest absolute Gasteiger partial charge is 0.356 e. The second-order valence-corrected chi connectivity index (χ2v) is 12.3. The van der Waals surface area contributed by atoms with Crippen LogP contribution >= 0.6 is 0 Å². The third kappa shape index (κ3) is 6.56. The molecule has 8 aromatic rings. The van der Waals surface area contributed by atoms with Crippen LogP contribution < -0.4 is 10.2 Å². The van der Waals surface area contributed by atoms with Gasteiger partial charge in [-0.25, -0.2) is 0 Å². The van der Waals surface area contributed by atoms with Gasteiger partial charge in [-0.1, -0.05) is 140 Å². The number of hydrogen-bond acceptors (Lipinski definition) is 2. The van der Waals surface area contributed by atoms with Crippen LogP contribution in [0, 0.1) is 0 Å². The van der Waals surface area contributed by atoms with Crippen molar-refractivity contribution < 1.29 is 0 Å². The Kier molecular flexibility index (Phi) is 8.73. The van der Waals surface area contributed by atoms with Crippen LogP contribution in [0.3, 0.4) is 0 Å². The van der Waals surface area contributed by atoms with E-state index in [1.807, 2.05) is 18.2 Å². The smallest absolute Gasteiger partial charge is 0.0462 e. The third-order valence-electron chi connectivity index (χ3n) is 9.05. The van der Waals surface area contributed by atoms with Crippen LogP contribution in [0.2, 0.25) is 0 Å². The summed E-state index contributed by atoms with van der Waals surface area (Å²) in [5.41, 5.74) is 15.0. The first-order valence-electron chi connectivity index (χ1n) is 17.0. The van der Waals surface area contributed by atoms with Gasteiger partial charge in [0.25, 0.3) is 0 Å². The molecule has 0 unspecified atom stereocenters. The fraction of sp³-hybridized carbons (Fsp3) is 0. The van der Waals surface area contributed by atoms with E-state index in [9.17, 15) is 0 Å². The molecule has 0 aliphatic carbocycles. The van der Waals surface area contributed by atoms with Gasteiger partial charge >= 0.3 is 0 Å². The molecule has 0 aliphatic heterocycles. The maximum atomic E-state index is 3.53. The van der Waals surface area contributed by atoms with Gasteiger partial charge in [0, 0.05) is 28.4 Å². The minimum absolute atomic E-state index is 1.06. The number of benzene rings is 8. The molecule has 0 spiro atoms. The van der Waals surface area contributed by atoms with Crippen LogP contribution in [0.25, 0.3) is 44.5 Å². The maximum Gasteiger partial charge on any atom is 0.0462 e. The van der Waals surface area contributed by atoms with Gasteiger partial charge in [-0.2, -0.15) is 0 Å². The number of anilines is 5. The highest BCUT2D eigenvalue weighted by Gasteiger charge is 2.17. The molecule has 2 nitrogen and oxygen atoms in total. The minimum atomic E-state index is 1.06. The van der Waals surface area contributed by atoms with Crippen molar-refractivity contribution in [2.45, 2.75) is 0 Å². The SMILES string of the molecule is c1ccc(Nc2ccc(-c3cc(-c4ccccc4)c(-c4ccc(N(c5ccccc5)c5ccccc5)cc4)cc3-c3ccccc3)cc2)cc1. The lowest BCUT2D eigenvalue weighted by Crippen LogP contribution is -2.09. The Morgan fingerprint density at radius 3 is 0.980 bits per heavy atom. The van der Waals surface area contributed by atoms with E-state index in [2.05, 4.69) is 204 Å². The highest BCUT2D eigenvalue weighted by atomic mass is 15.1. The standard InChI is InChI=1S/C48H36N2/c1-6-16-36(17-7-1)45-35-48(39-28-32-44(33-29-39)50(42-22-12-4-13-23-42)43-24-14-5-15-25-43)46(37-18-8-2-9-19-37)34-47(45)38-26-30-41(31-27-38)49-40-20-10-3-11-21-40/h1-35,49H. The fourth-order valence-electron chi connectivity index (χ4n) is 6.60. The number of rotatable bonds is 9. The molecule has 0 aromatic heterocycles. The summed E-state index contributed by atoms with van der Waals surface area (Å²) in [5.74, 6) is 0. The predicted octanol–water partition coefficient (Wildman–Crippen LogP) is 13.6. The van der Waals surface area contributed by atoms with E-state index < -0.39 is 0 Å². The summed E-state index contributed by atoms with van der Waals surface area (Å²) in [6.07, 6.45) is 0. The van der Waals surface area contributed by atoms with Crippen LogP contribution in [-0.2, 0) is 0 Å². The molecule has 238 valence electrons. The number of para-hydroxylation sites is 3. The van der Waals surface area contributed by atoms with Gasteiger partial charge in [0.15, 0.2) is 0 Å². The van der Waals surface area contributed by atoms with Gasteiger partial charge in [0.1, 0.15) is 0 Å². The molecule has 0 saturated heterocycles. The zero-order chi connectivity index (χ0) is 33.5. The fourth-order valence-corrected chi connectivity index (χ4v) is 6.60. The van der Waals surface area contributed by atoms with Crippen molar-refractivity contribution in [2.75, 3.05) is 10.2 Å². The van der Waals surface area contributed by atoms with Gasteiger partial charge in [-0.3, -0.25) is 0 Å². The van der Waals surface area contributed by atoms with E-state index in [0.717, 1.165) is 28.4 Å². The molecule has 50 heavy (non-hydrogen) atoms. The van der Waals surface area contributed by atoms with E-state index >= 15 is 0 Å². The van der Waals surface area contributed by atoms with Gasteiger partial charge in [0.05, 0.1) is 0 Å². The molecule has 8 rings (SSSR count). The monoisotopic (exact) mass is 640 g/mol. The normalized spacial score (nSPS) is 10.8. The van der Waals surface area contributed by atoms with E-state index in [0.29, 0.717) is 0 Å². The van der Waals surface area contributed by atoms with Crippen LogP contribution in [0.5, 0.6) is 0 Å². The second-order valence-electron chi connectivity index (χ2n) is 12.3. The van der Waals surface area contributed by atoms with Crippen molar-refractivity contribution in [3.05, 3.63) is 212 Å². The molecule has 0 saturated carbocycles. The van der Waals surface area contributed by atoms with Crippen molar-refractivity contribution >= 4 is 28.4 Å². The zero-order valence-corrected chi connectivity index (χ0v) is 27.7. The summed E-state index contributed by atoms with van der Waals surface area (Å²) in [5, 5.41) is 3.53. The van der Waals surface area contributed by atoms with Crippen molar-refractivity contribution in [2.24, 2.45) is 0 Å². The van der Waals surface area contributed by atoms with Crippen molar-refractivity contribution in [3.8, 4) is 44.5 Å². The lowest BCUT2D eigenvalue weighted by atomic mass is 9.85. The molecule has 0 atom stereocenters. The Hall–Kier alpha value is -6.64. The second kappa shape index (κ2) is 14.2. The van der Waals surface area contributed by atoms with Crippen LogP contribution in [0.15, 0.2) is 212 Å². The summed E-state index contributed by atoms with van der Waals surface area (Å²) < 4.78 is 0. The van der Waals surface area contributed by atoms with E-state index in [-0.39, 0.29) is 0 Å². The molecule has 1 N–H and O–H groups in total. The summed E-state index contributed by atoms with van der Waals surface area (Å²) >= 11 is 0. The Balaban J connectivity index is 1.25. The molecular weight excluding hydrogens is 605 g/mol. The first-order chi connectivity index (χ1) is 24.8. The molecule has 0 heterocycles. The molecule has 0 radical (unpaired) electrons. The van der Waals surface area contributed by atoms with Crippen LogP contribution in [0.4, 0.5) is 28.4 Å². The van der Waals surface area contributed by atoms with E-state index in [1.54, 1.807) is 0 Å². The Bertz CT molecular complexity index is 2240. The molecule has 2 heteroatoms. The molecule has 0 bridgehead atoms. The average molecular weight is 641 g/mol. The first-order valence-corrected chi connectivity index (χ1v) is 17.0. The molecule has 0 fully saturated rings. The number of nitrogens with one attached hydrogen (secondary N) is 1. The molecule has 0 amide bonds.